The first-order valence-corrected chi connectivity index (χ1v) is 5.24. The number of rotatable bonds is 5. The maximum atomic E-state index is 11.6. The topological polar surface area (TPSA) is 111 Å². The summed E-state index contributed by atoms with van der Waals surface area (Å²) in [4.78, 5) is 15.1. The normalized spacial score (nSPS) is 14.6. The van der Waals surface area contributed by atoms with Gasteiger partial charge in [-0.25, -0.2) is 4.79 Å². The van der Waals surface area contributed by atoms with E-state index in [1.165, 1.54) is 10.8 Å². The van der Waals surface area contributed by atoms with E-state index in [1.807, 2.05) is 0 Å². The molecule has 1 aromatic rings. The molecule has 4 N–H and O–H groups in total. The molecule has 0 spiro atoms. The van der Waals surface area contributed by atoms with E-state index in [1.54, 1.807) is 13.8 Å². The average Bonchev–Trinajstić information content (AvgIpc) is 2.28. The molecule has 0 fully saturated rings. The Morgan fingerprint density at radius 1 is 1.53 bits per heavy atom. The Bertz CT molecular complexity index is 432. The number of nitrogen functional groups attached to an aromatic ring is 1. The summed E-state index contributed by atoms with van der Waals surface area (Å²) in [7, 11) is 0. The number of nitrogens with zero attached hydrogens (tertiary/aromatic N) is 2. The van der Waals surface area contributed by atoms with Crippen LogP contribution in [-0.4, -0.2) is 32.5 Å². The maximum absolute atomic E-state index is 11.6. The van der Waals surface area contributed by atoms with Crippen LogP contribution in [0.3, 0.4) is 0 Å². The number of hydrogen-bond acceptors (Lipinski definition) is 6. The minimum Gasteiger partial charge on any atom is -0.394 e. The molecule has 1 heterocycles. The lowest BCUT2D eigenvalue weighted by Crippen LogP contribution is -2.30. The summed E-state index contributed by atoms with van der Waals surface area (Å²) < 4.78 is 6.57. The van der Waals surface area contributed by atoms with Gasteiger partial charge < -0.3 is 20.7 Å². The molecular weight excluding hydrogens is 226 g/mol. The number of aliphatic hydroxyl groups is 2. The van der Waals surface area contributed by atoms with Gasteiger partial charge in [-0.05, 0) is 13.8 Å². The molecule has 0 saturated heterocycles. The van der Waals surface area contributed by atoms with Gasteiger partial charge in [-0.1, -0.05) is 0 Å². The highest BCUT2D eigenvalue weighted by atomic mass is 16.5. The summed E-state index contributed by atoms with van der Waals surface area (Å²) in [5, 5.41) is 17.9. The molecule has 7 heteroatoms. The van der Waals surface area contributed by atoms with Crippen LogP contribution < -0.4 is 11.4 Å². The summed E-state index contributed by atoms with van der Waals surface area (Å²) in [6.45, 7) is 2.88. The summed E-state index contributed by atoms with van der Waals surface area (Å²) >= 11 is 0. The third-order valence-electron chi connectivity index (χ3n) is 2.31. The first kappa shape index (κ1) is 13.6. The molecule has 0 aliphatic rings. The molecular formula is C10H17N3O4. The van der Waals surface area contributed by atoms with Crippen molar-refractivity contribution < 1.29 is 14.9 Å². The molecule has 0 amide bonds. The minimum absolute atomic E-state index is 0.0103. The number of aliphatic hydroxyl groups excluding tert-OH is 2. The number of hydrogen-bond donors (Lipinski definition) is 3. The Hall–Kier alpha value is -1.44. The maximum Gasteiger partial charge on any atom is 0.351 e. The summed E-state index contributed by atoms with van der Waals surface area (Å²) in [5.41, 5.74) is 5.26. The molecule has 0 aliphatic carbocycles. The lowest BCUT2D eigenvalue weighted by atomic mass is 10.3. The molecule has 0 saturated carbocycles. The van der Waals surface area contributed by atoms with Crippen LogP contribution in [0.1, 0.15) is 25.6 Å². The molecule has 96 valence electrons. The second-order valence-corrected chi connectivity index (χ2v) is 3.73. The molecule has 0 aromatic carbocycles. The molecule has 0 aliphatic heterocycles. The van der Waals surface area contributed by atoms with E-state index in [2.05, 4.69) is 4.98 Å². The zero-order chi connectivity index (χ0) is 13.0. The van der Waals surface area contributed by atoms with Gasteiger partial charge in [-0.3, -0.25) is 4.57 Å². The van der Waals surface area contributed by atoms with Crippen molar-refractivity contribution in [2.24, 2.45) is 0 Å². The second kappa shape index (κ2) is 5.76. The zero-order valence-electron chi connectivity index (χ0n) is 9.83. The van der Waals surface area contributed by atoms with Gasteiger partial charge in [-0.15, -0.1) is 0 Å². The lowest BCUT2D eigenvalue weighted by Gasteiger charge is -2.20. The quantitative estimate of drug-likeness (QED) is 0.626. The highest BCUT2D eigenvalue weighted by Gasteiger charge is 2.13. The molecule has 7 nitrogen and oxygen atoms in total. The smallest absolute Gasteiger partial charge is 0.351 e. The van der Waals surface area contributed by atoms with Crippen molar-refractivity contribution in [3.8, 4) is 0 Å². The Balaban J connectivity index is 3.01. The highest BCUT2D eigenvalue weighted by Crippen LogP contribution is 2.11. The van der Waals surface area contributed by atoms with Gasteiger partial charge in [0.05, 0.1) is 19.3 Å². The van der Waals surface area contributed by atoms with Crippen LogP contribution in [0.2, 0.25) is 0 Å². The fourth-order valence-electron chi connectivity index (χ4n) is 1.35. The van der Waals surface area contributed by atoms with Crippen molar-refractivity contribution in [2.45, 2.75) is 32.8 Å². The van der Waals surface area contributed by atoms with Crippen LogP contribution in [0.5, 0.6) is 0 Å². The van der Waals surface area contributed by atoms with Crippen LogP contribution in [-0.2, 0) is 11.3 Å². The van der Waals surface area contributed by atoms with Crippen molar-refractivity contribution in [3.63, 3.8) is 0 Å². The molecule has 2 atom stereocenters. The summed E-state index contributed by atoms with van der Waals surface area (Å²) in [5.74, 6) is 0.0103. The lowest BCUT2D eigenvalue weighted by molar-refractivity contribution is -0.0581. The van der Waals surface area contributed by atoms with Crippen LogP contribution in [0, 0.1) is 0 Å². The monoisotopic (exact) mass is 243 g/mol. The first-order chi connectivity index (χ1) is 7.99. The SMILES string of the molecule is C[C@@H](CO)O[C@H](C)n1cc(CO)c(N)nc1=O. The van der Waals surface area contributed by atoms with E-state index in [0.717, 1.165) is 0 Å². The third-order valence-corrected chi connectivity index (χ3v) is 2.31. The van der Waals surface area contributed by atoms with Crippen molar-refractivity contribution in [1.29, 1.82) is 0 Å². The van der Waals surface area contributed by atoms with E-state index in [0.29, 0.717) is 5.56 Å². The standard InChI is InChI=1S/C10H17N3O4/c1-6(4-14)17-7(2)13-3-8(5-15)9(11)12-10(13)16/h3,6-7,14-15H,4-5H2,1-2H3,(H2,11,12,16)/t6-,7+/m0/s1. The Labute approximate surface area is 98.5 Å². The van der Waals surface area contributed by atoms with Gasteiger partial charge in [-0.2, -0.15) is 4.98 Å². The van der Waals surface area contributed by atoms with Gasteiger partial charge in [0.25, 0.3) is 0 Å². The average molecular weight is 243 g/mol. The van der Waals surface area contributed by atoms with Crippen molar-refractivity contribution in [2.75, 3.05) is 12.3 Å². The van der Waals surface area contributed by atoms with Gasteiger partial charge in [0, 0.05) is 11.8 Å². The van der Waals surface area contributed by atoms with Crippen LogP contribution >= 0.6 is 0 Å². The predicted molar refractivity (Wildman–Crippen MR) is 61.2 cm³/mol. The fraction of sp³-hybridized carbons (Fsp3) is 0.600. The second-order valence-electron chi connectivity index (χ2n) is 3.73. The summed E-state index contributed by atoms with van der Waals surface area (Å²) in [6, 6.07) is 0. The Morgan fingerprint density at radius 2 is 2.18 bits per heavy atom. The Kier molecular flexibility index (Phi) is 4.62. The van der Waals surface area contributed by atoms with Gasteiger partial charge in [0.15, 0.2) is 0 Å². The van der Waals surface area contributed by atoms with Crippen molar-refractivity contribution in [1.82, 2.24) is 9.55 Å². The zero-order valence-corrected chi connectivity index (χ0v) is 9.83. The number of ether oxygens (including phenoxy) is 1. The summed E-state index contributed by atoms with van der Waals surface area (Å²) in [6.07, 6.45) is 0.412. The highest BCUT2D eigenvalue weighted by molar-refractivity contribution is 5.35. The van der Waals surface area contributed by atoms with E-state index in [4.69, 9.17) is 20.7 Å². The van der Waals surface area contributed by atoms with E-state index >= 15 is 0 Å². The molecule has 0 radical (unpaired) electrons. The molecule has 17 heavy (non-hydrogen) atoms. The van der Waals surface area contributed by atoms with Gasteiger partial charge in [0.1, 0.15) is 12.0 Å². The largest absolute Gasteiger partial charge is 0.394 e. The van der Waals surface area contributed by atoms with Gasteiger partial charge >= 0.3 is 5.69 Å². The van der Waals surface area contributed by atoms with E-state index < -0.39 is 18.0 Å². The molecule has 1 rings (SSSR count). The predicted octanol–water partition coefficient (Wildman–Crippen LogP) is -0.766. The fourth-order valence-corrected chi connectivity index (χ4v) is 1.35. The third kappa shape index (κ3) is 3.26. The molecule has 0 bridgehead atoms. The van der Waals surface area contributed by atoms with Gasteiger partial charge in [0.2, 0.25) is 0 Å². The molecule has 0 unspecified atom stereocenters. The Morgan fingerprint density at radius 3 is 2.71 bits per heavy atom. The number of nitrogens with two attached hydrogens (primary N) is 1. The first-order valence-electron chi connectivity index (χ1n) is 5.24. The molecule has 1 aromatic heterocycles. The van der Waals surface area contributed by atoms with Crippen LogP contribution in [0.25, 0.3) is 0 Å². The van der Waals surface area contributed by atoms with Crippen LogP contribution in [0.4, 0.5) is 5.82 Å². The number of aromatic nitrogens is 2. The van der Waals surface area contributed by atoms with Crippen LogP contribution in [0.15, 0.2) is 11.0 Å². The van der Waals surface area contributed by atoms with E-state index in [-0.39, 0.29) is 19.0 Å². The van der Waals surface area contributed by atoms with Crippen molar-refractivity contribution in [3.05, 3.63) is 22.2 Å². The number of anilines is 1. The van der Waals surface area contributed by atoms with E-state index in [9.17, 15) is 4.79 Å². The van der Waals surface area contributed by atoms with Crippen molar-refractivity contribution >= 4 is 5.82 Å². The minimum atomic E-state index is -0.594.